The summed E-state index contributed by atoms with van der Waals surface area (Å²) in [6.07, 6.45) is 2.78. The molecule has 4 nitrogen and oxygen atoms in total. The fourth-order valence-electron chi connectivity index (χ4n) is 3.13. The summed E-state index contributed by atoms with van der Waals surface area (Å²) < 4.78 is 1.90. The van der Waals surface area contributed by atoms with E-state index in [9.17, 15) is 0 Å². The highest BCUT2D eigenvalue weighted by Crippen LogP contribution is 2.31. The topological polar surface area (TPSA) is 44.9 Å². The van der Waals surface area contributed by atoms with E-state index in [1.807, 2.05) is 28.8 Å². The number of fused-ring (bicyclic) bond motifs is 3. The van der Waals surface area contributed by atoms with E-state index in [0.717, 1.165) is 40.3 Å². The molecular weight excluding hydrogens is 328 g/mol. The van der Waals surface area contributed by atoms with Crippen LogP contribution in [0.3, 0.4) is 0 Å². The van der Waals surface area contributed by atoms with Crippen LogP contribution in [0.4, 0.5) is 0 Å². The van der Waals surface area contributed by atoms with Crippen LogP contribution in [0.5, 0.6) is 0 Å². The summed E-state index contributed by atoms with van der Waals surface area (Å²) >= 11 is 7.79. The van der Waals surface area contributed by atoms with Crippen LogP contribution in [0, 0.1) is 5.41 Å². The number of aromatic nitrogens is 2. The van der Waals surface area contributed by atoms with Crippen LogP contribution in [0.2, 0.25) is 5.02 Å². The van der Waals surface area contributed by atoms with Gasteiger partial charge < -0.3 is 9.47 Å². The van der Waals surface area contributed by atoms with E-state index in [-0.39, 0.29) is 0 Å². The summed E-state index contributed by atoms with van der Waals surface area (Å²) in [5, 5.41) is 10.4. The fraction of sp³-hybridized carbons (Fsp3) is 0.294. The van der Waals surface area contributed by atoms with Crippen LogP contribution in [0.1, 0.15) is 16.0 Å². The number of hydrogen-bond acceptors (Lipinski definition) is 4. The maximum Gasteiger partial charge on any atom is 0.136 e. The summed E-state index contributed by atoms with van der Waals surface area (Å²) in [6.45, 7) is 2.62. The summed E-state index contributed by atoms with van der Waals surface area (Å²) in [5.41, 5.74) is 2.96. The Bertz CT molecular complexity index is 943. The molecule has 3 heterocycles. The fourth-order valence-corrected chi connectivity index (χ4v) is 4.61. The van der Waals surface area contributed by atoms with Crippen molar-refractivity contribution in [1.82, 2.24) is 14.5 Å². The number of rotatable bonds is 2. The molecule has 0 radical (unpaired) electrons. The van der Waals surface area contributed by atoms with Crippen molar-refractivity contribution in [2.45, 2.75) is 19.5 Å². The normalized spacial score (nSPS) is 15.0. The summed E-state index contributed by atoms with van der Waals surface area (Å²) in [6, 6.07) is 7.78. The second-order valence-electron chi connectivity index (χ2n) is 6.02. The van der Waals surface area contributed by atoms with Crippen molar-refractivity contribution >= 4 is 33.2 Å². The lowest BCUT2D eigenvalue weighted by molar-refractivity contribution is 0.318. The number of hydrogen-bond donors (Lipinski definition) is 1. The second kappa shape index (κ2) is 5.74. The zero-order valence-corrected chi connectivity index (χ0v) is 14.4. The molecule has 6 heteroatoms. The molecule has 1 aromatic carbocycles. The van der Waals surface area contributed by atoms with Gasteiger partial charge in [-0.05, 0) is 36.7 Å². The first-order chi connectivity index (χ1) is 11.1. The van der Waals surface area contributed by atoms with Gasteiger partial charge in [0.1, 0.15) is 10.3 Å². The Kier molecular flexibility index (Phi) is 3.71. The van der Waals surface area contributed by atoms with Gasteiger partial charge in [-0.2, -0.15) is 0 Å². The third-order valence-corrected chi connectivity index (χ3v) is 5.67. The van der Waals surface area contributed by atoms with E-state index in [0.29, 0.717) is 12.0 Å². The van der Waals surface area contributed by atoms with E-state index in [4.69, 9.17) is 17.0 Å². The van der Waals surface area contributed by atoms with Gasteiger partial charge in [-0.15, -0.1) is 11.3 Å². The molecule has 0 saturated heterocycles. The van der Waals surface area contributed by atoms with Crippen LogP contribution in [0.15, 0.2) is 30.6 Å². The monoisotopic (exact) mass is 344 g/mol. The molecule has 0 unspecified atom stereocenters. The third-order valence-electron chi connectivity index (χ3n) is 4.31. The standard InChI is InChI=1S/C17H17ClN4S/c1-21-6-5-13-14(9-21)23-17-15(13)16(19)22(10-20-17)8-11-3-2-4-12(18)7-11/h2-4,7,10,19H,5-6,8-9H2,1H3. The van der Waals surface area contributed by atoms with Gasteiger partial charge in [0, 0.05) is 23.0 Å². The number of thiophene rings is 1. The number of likely N-dealkylation sites (N-methyl/N-ethyl adjacent to an activating group) is 1. The van der Waals surface area contributed by atoms with E-state index in [2.05, 4.69) is 16.9 Å². The van der Waals surface area contributed by atoms with E-state index < -0.39 is 0 Å². The van der Waals surface area contributed by atoms with Gasteiger partial charge >= 0.3 is 0 Å². The molecule has 0 fully saturated rings. The van der Waals surface area contributed by atoms with Gasteiger partial charge in [-0.3, -0.25) is 5.41 Å². The van der Waals surface area contributed by atoms with E-state index >= 15 is 0 Å². The predicted molar refractivity (Wildman–Crippen MR) is 94.1 cm³/mol. The first kappa shape index (κ1) is 14.9. The van der Waals surface area contributed by atoms with Crippen molar-refractivity contribution in [3.63, 3.8) is 0 Å². The summed E-state index contributed by atoms with van der Waals surface area (Å²) in [5.74, 6) is 0. The Morgan fingerprint density at radius 3 is 3.09 bits per heavy atom. The molecule has 0 amide bonds. The minimum Gasteiger partial charge on any atom is -0.312 e. The molecule has 3 aromatic rings. The minimum absolute atomic E-state index is 0.553. The molecule has 1 N–H and O–H groups in total. The zero-order chi connectivity index (χ0) is 16.0. The van der Waals surface area contributed by atoms with Crippen molar-refractivity contribution in [1.29, 1.82) is 5.41 Å². The van der Waals surface area contributed by atoms with Gasteiger partial charge in [0.2, 0.25) is 0 Å². The first-order valence-electron chi connectivity index (χ1n) is 7.59. The van der Waals surface area contributed by atoms with Gasteiger partial charge in [0.15, 0.2) is 0 Å². The average Bonchev–Trinajstić information content (AvgIpc) is 2.88. The predicted octanol–water partition coefficient (Wildman–Crippen LogP) is 3.27. The summed E-state index contributed by atoms with van der Waals surface area (Å²) in [7, 11) is 2.14. The lowest BCUT2D eigenvalue weighted by Gasteiger charge is -2.22. The Labute approximate surface area is 143 Å². The highest BCUT2D eigenvalue weighted by Gasteiger charge is 2.21. The van der Waals surface area contributed by atoms with Gasteiger partial charge in [-0.25, -0.2) is 4.98 Å². The van der Waals surface area contributed by atoms with Gasteiger partial charge in [-0.1, -0.05) is 23.7 Å². The molecule has 2 aromatic heterocycles. The number of nitrogens with zero attached hydrogens (tertiary/aromatic N) is 3. The largest absolute Gasteiger partial charge is 0.312 e. The van der Waals surface area contributed by atoms with Crippen molar-refractivity contribution in [3.8, 4) is 0 Å². The van der Waals surface area contributed by atoms with E-state index in [1.54, 1.807) is 17.7 Å². The molecule has 0 atom stereocenters. The van der Waals surface area contributed by atoms with Crippen LogP contribution >= 0.6 is 22.9 Å². The Balaban J connectivity index is 1.80. The third kappa shape index (κ3) is 2.69. The minimum atomic E-state index is 0.553. The molecule has 0 saturated carbocycles. The summed E-state index contributed by atoms with van der Waals surface area (Å²) in [4.78, 5) is 9.26. The van der Waals surface area contributed by atoms with Gasteiger partial charge in [0.25, 0.3) is 0 Å². The Hall–Kier alpha value is -1.69. The molecule has 4 rings (SSSR count). The highest BCUT2D eigenvalue weighted by molar-refractivity contribution is 7.18. The Morgan fingerprint density at radius 2 is 2.26 bits per heavy atom. The van der Waals surface area contributed by atoms with E-state index in [1.165, 1.54) is 10.4 Å². The number of nitrogens with one attached hydrogen (secondary N) is 1. The second-order valence-corrected chi connectivity index (χ2v) is 7.54. The SMILES string of the molecule is CN1CCc2c(sc3ncn(Cc4cccc(Cl)c4)c(=N)c23)C1. The lowest BCUT2D eigenvalue weighted by Crippen LogP contribution is -2.27. The molecular formula is C17H17ClN4S. The molecule has 0 bridgehead atoms. The molecule has 1 aliphatic heterocycles. The highest BCUT2D eigenvalue weighted by atomic mass is 35.5. The van der Waals surface area contributed by atoms with Crippen LogP contribution in [0.25, 0.3) is 10.2 Å². The Morgan fingerprint density at radius 1 is 1.39 bits per heavy atom. The molecule has 118 valence electrons. The van der Waals surface area contributed by atoms with Crippen LogP contribution < -0.4 is 5.49 Å². The van der Waals surface area contributed by atoms with Crippen molar-refractivity contribution < 1.29 is 0 Å². The van der Waals surface area contributed by atoms with Gasteiger partial charge in [0.05, 0.1) is 18.3 Å². The maximum atomic E-state index is 8.63. The van der Waals surface area contributed by atoms with Crippen molar-refractivity contribution in [2.75, 3.05) is 13.6 Å². The molecule has 0 spiro atoms. The number of benzene rings is 1. The lowest BCUT2D eigenvalue weighted by atomic mass is 10.1. The van der Waals surface area contributed by atoms with Crippen molar-refractivity contribution in [3.05, 3.63) is 57.1 Å². The quantitative estimate of drug-likeness (QED) is 0.775. The number of halogens is 1. The smallest absolute Gasteiger partial charge is 0.136 e. The van der Waals surface area contributed by atoms with Crippen LogP contribution in [-0.4, -0.2) is 28.0 Å². The van der Waals surface area contributed by atoms with Crippen molar-refractivity contribution in [2.24, 2.45) is 0 Å². The first-order valence-corrected chi connectivity index (χ1v) is 8.78. The molecule has 0 aliphatic carbocycles. The maximum absolute atomic E-state index is 8.63. The van der Waals surface area contributed by atoms with Crippen LogP contribution in [-0.2, 0) is 19.5 Å². The molecule has 1 aliphatic rings. The molecule has 23 heavy (non-hydrogen) atoms. The zero-order valence-electron chi connectivity index (χ0n) is 12.8. The average molecular weight is 345 g/mol.